The van der Waals surface area contributed by atoms with Gasteiger partial charge in [0.25, 0.3) is 0 Å². The summed E-state index contributed by atoms with van der Waals surface area (Å²) in [5.74, 6) is 2.24. The van der Waals surface area contributed by atoms with Crippen LogP contribution in [-0.4, -0.2) is 45.8 Å². The van der Waals surface area contributed by atoms with Crippen molar-refractivity contribution in [1.29, 1.82) is 0 Å². The van der Waals surface area contributed by atoms with Gasteiger partial charge in [0.05, 0.1) is 6.54 Å². The summed E-state index contributed by atoms with van der Waals surface area (Å²) in [5.41, 5.74) is 0. The summed E-state index contributed by atoms with van der Waals surface area (Å²) in [7, 11) is 0. The van der Waals surface area contributed by atoms with Crippen molar-refractivity contribution in [2.45, 2.75) is 38.8 Å². The molecule has 0 aromatic carbocycles. The van der Waals surface area contributed by atoms with E-state index in [1.807, 2.05) is 0 Å². The van der Waals surface area contributed by atoms with Gasteiger partial charge in [-0.1, -0.05) is 0 Å². The monoisotopic (exact) mass is 235 g/mol. The fourth-order valence-corrected chi connectivity index (χ4v) is 2.59. The van der Waals surface area contributed by atoms with E-state index in [4.69, 9.17) is 0 Å². The number of nitrogens with zero attached hydrogens (tertiary/aromatic N) is 4. The van der Waals surface area contributed by atoms with Gasteiger partial charge in [-0.2, -0.15) is 0 Å². The van der Waals surface area contributed by atoms with Crippen molar-refractivity contribution >= 4 is 0 Å². The summed E-state index contributed by atoms with van der Waals surface area (Å²) in [5, 5.41) is 12.0. The molecule has 1 aromatic heterocycles. The Bertz CT molecular complexity index is 374. The van der Waals surface area contributed by atoms with E-state index in [1.165, 1.54) is 25.8 Å². The summed E-state index contributed by atoms with van der Waals surface area (Å²) in [6.45, 7) is 7.55. The minimum Gasteiger partial charge on any atom is -0.315 e. The summed E-state index contributed by atoms with van der Waals surface area (Å²) in [6.07, 6.45) is 3.83. The molecule has 5 heteroatoms. The maximum atomic E-state index is 4.35. The van der Waals surface area contributed by atoms with Crippen molar-refractivity contribution in [2.75, 3.05) is 26.2 Å². The molecule has 1 aliphatic heterocycles. The van der Waals surface area contributed by atoms with Crippen molar-refractivity contribution in [2.24, 2.45) is 0 Å². The van der Waals surface area contributed by atoms with Crippen LogP contribution in [0.2, 0.25) is 0 Å². The summed E-state index contributed by atoms with van der Waals surface area (Å²) in [4.78, 5) is 2.49. The minimum absolute atomic E-state index is 0.685. The van der Waals surface area contributed by atoms with Crippen LogP contribution in [0.3, 0.4) is 0 Å². The molecule has 0 radical (unpaired) electrons. The molecular weight excluding hydrogens is 214 g/mol. The second-order valence-corrected chi connectivity index (χ2v) is 5.14. The van der Waals surface area contributed by atoms with Crippen LogP contribution in [0.1, 0.15) is 37.0 Å². The van der Waals surface area contributed by atoms with E-state index in [-0.39, 0.29) is 0 Å². The van der Waals surface area contributed by atoms with Crippen LogP contribution in [0.4, 0.5) is 0 Å². The van der Waals surface area contributed by atoms with E-state index < -0.39 is 0 Å². The average Bonchev–Trinajstić information content (AvgIpc) is 3.10. The zero-order valence-corrected chi connectivity index (χ0v) is 10.5. The number of aromatic nitrogens is 3. The molecule has 0 bridgehead atoms. The smallest absolute Gasteiger partial charge is 0.147 e. The van der Waals surface area contributed by atoms with E-state index in [2.05, 4.69) is 31.9 Å². The molecule has 1 N–H and O–H groups in total. The van der Waals surface area contributed by atoms with Crippen LogP contribution >= 0.6 is 0 Å². The Morgan fingerprint density at radius 1 is 1.24 bits per heavy atom. The molecule has 17 heavy (non-hydrogen) atoms. The van der Waals surface area contributed by atoms with Gasteiger partial charge in [-0.25, -0.2) is 0 Å². The molecule has 0 unspecified atom stereocenters. The quantitative estimate of drug-likeness (QED) is 0.838. The summed E-state index contributed by atoms with van der Waals surface area (Å²) in [6, 6.07) is 0.685. The maximum absolute atomic E-state index is 4.35. The number of nitrogens with one attached hydrogen (secondary N) is 1. The third-order valence-electron chi connectivity index (χ3n) is 3.65. The topological polar surface area (TPSA) is 46.0 Å². The molecule has 0 spiro atoms. The van der Waals surface area contributed by atoms with Crippen molar-refractivity contribution < 1.29 is 0 Å². The molecule has 2 fully saturated rings. The largest absolute Gasteiger partial charge is 0.315 e. The lowest BCUT2D eigenvalue weighted by atomic mass is 10.4. The summed E-state index contributed by atoms with van der Waals surface area (Å²) >= 11 is 0. The first-order chi connectivity index (χ1) is 8.34. The lowest BCUT2D eigenvalue weighted by molar-refractivity contribution is 0.272. The molecule has 0 amide bonds. The SMILES string of the molecule is Cc1nnc(CN2CCCNCC2)n1C1CC1. The molecular formula is C12H21N5. The van der Waals surface area contributed by atoms with Gasteiger partial charge < -0.3 is 9.88 Å². The Hall–Kier alpha value is -0.940. The van der Waals surface area contributed by atoms with Gasteiger partial charge in [0.2, 0.25) is 0 Å². The number of hydrogen-bond donors (Lipinski definition) is 1. The first kappa shape index (κ1) is 11.2. The van der Waals surface area contributed by atoms with E-state index in [1.54, 1.807) is 0 Å². The van der Waals surface area contributed by atoms with Crippen molar-refractivity contribution in [1.82, 2.24) is 25.0 Å². The fraction of sp³-hybridized carbons (Fsp3) is 0.833. The lowest BCUT2D eigenvalue weighted by Crippen LogP contribution is -2.29. The second-order valence-electron chi connectivity index (χ2n) is 5.14. The van der Waals surface area contributed by atoms with Gasteiger partial charge in [-0.15, -0.1) is 10.2 Å². The van der Waals surface area contributed by atoms with Crippen LogP contribution in [0.15, 0.2) is 0 Å². The molecule has 2 heterocycles. The number of hydrogen-bond acceptors (Lipinski definition) is 4. The van der Waals surface area contributed by atoms with E-state index in [0.29, 0.717) is 6.04 Å². The van der Waals surface area contributed by atoms with E-state index in [9.17, 15) is 0 Å². The van der Waals surface area contributed by atoms with Crippen molar-refractivity contribution in [3.8, 4) is 0 Å². The van der Waals surface area contributed by atoms with E-state index >= 15 is 0 Å². The standard InChI is InChI=1S/C12H21N5/c1-10-14-15-12(17(10)11-3-4-11)9-16-7-2-5-13-6-8-16/h11,13H,2-9H2,1H3. The van der Waals surface area contributed by atoms with Gasteiger partial charge in [-0.05, 0) is 39.3 Å². The highest BCUT2D eigenvalue weighted by Crippen LogP contribution is 2.36. The van der Waals surface area contributed by atoms with Crippen LogP contribution < -0.4 is 5.32 Å². The Balaban J connectivity index is 1.71. The Morgan fingerprint density at radius 2 is 2.12 bits per heavy atom. The number of rotatable bonds is 3. The molecule has 1 saturated heterocycles. The molecule has 0 atom stereocenters. The lowest BCUT2D eigenvalue weighted by Gasteiger charge is -2.19. The average molecular weight is 235 g/mol. The van der Waals surface area contributed by atoms with Gasteiger partial charge in [0, 0.05) is 19.1 Å². The third kappa shape index (κ3) is 2.50. The van der Waals surface area contributed by atoms with Crippen molar-refractivity contribution in [3.63, 3.8) is 0 Å². The Kier molecular flexibility index (Phi) is 3.11. The van der Waals surface area contributed by atoms with E-state index in [0.717, 1.165) is 37.8 Å². The molecule has 94 valence electrons. The molecule has 1 aromatic rings. The molecule has 1 saturated carbocycles. The molecule has 1 aliphatic carbocycles. The maximum Gasteiger partial charge on any atom is 0.147 e. The molecule has 3 rings (SSSR count). The van der Waals surface area contributed by atoms with Crippen LogP contribution in [-0.2, 0) is 6.54 Å². The zero-order chi connectivity index (χ0) is 11.7. The Labute approximate surface area is 102 Å². The normalized spacial score (nSPS) is 22.6. The Morgan fingerprint density at radius 3 is 2.94 bits per heavy atom. The predicted octanol–water partition coefficient (Wildman–Crippen LogP) is 0.717. The van der Waals surface area contributed by atoms with Crippen molar-refractivity contribution in [3.05, 3.63) is 11.6 Å². The first-order valence-corrected chi connectivity index (χ1v) is 6.68. The van der Waals surface area contributed by atoms with Crippen LogP contribution in [0.25, 0.3) is 0 Å². The third-order valence-corrected chi connectivity index (χ3v) is 3.65. The fourth-order valence-electron chi connectivity index (χ4n) is 2.59. The van der Waals surface area contributed by atoms with Gasteiger partial charge in [0.15, 0.2) is 0 Å². The number of aryl methyl sites for hydroxylation is 1. The highest BCUT2D eigenvalue weighted by Gasteiger charge is 2.28. The van der Waals surface area contributed by atoms with Crippen LogP contribution in [0.5, 0.6) is 0 Å². The summed E-state index contributed by atoms with van der Waals surface area (Å²) < 4.78 is 2.35. The molecule has 2 aliphatic rings. The van der Waals surface area contributed by atoms with Gasteiger partial charge >= 0.3 is 0 Å². The first-order valence-electron chi connectivity index (χ1n) is 6.68. The highest BCUT2D eigenvalue weighted by atomic mass is 15.3. The van der Waals surface area contributed by atoms with Gasteiger partial charge in [0.1, 0.15) is 11.6 Å². The highest BCUT2D eigenvalue weighted by molar-refractivity contribution is 5.01. The minimum atomic E-state index is 0.685. The second kappa shape index (κ2) is 4.74. The van der Waals surface area contributed by atoms with Gasteiger partial charge in [-0.3, -0.25) is 4.90 Å². The molecule has 5 nitrogen and oxygen atoms in total. The van der Waals surface area contributed by atoms with Crippen LogP contribution in [0, 0.1) is 6.92 Å². The predicted molar refractivity (Wildman–Crippen MR) is 65.8 cm³/mol. The zero-order valence-electron chi connectivity index (χ0n) is 10.5.